The predicted molar refractivity (Wildman–Crippen MR) is 165 cm³/mol. The molecule has 0 unspecified atom stereocenters. The zero-order valence-electron chi connectivity index (χ0n) is 20.0. The van der Waals surface area contributed by atoms with Crippen molar-refractivity contribution in [3.63, 3.8) is 0 Å². The summed E-state index contributed by atoms with van der Waals surface area (Å²) >= 11 is 7.18. The molecule has 0 radical (unpaired) electrons. The molecule has 6 aromatic carbocycles. The highest BCUT2D eigenvalue weighted by molar-refractivity contribution is 9.11. The molecule has 178 valence electrons. The van der Waals surface area contributed by atoms with E-state index >= 15 is 0 Å². The molecule has 6 rings (SSSR count). The van der Waals surface area contributed by atoms with Crippen molar-refractivity contribution in [3.05, 3.63) is 148 Å². The molecule has 0 spiro atoms. The molecule has 1 nitrogen and oxygen atoms in total. The Labute approximate surface area is 234 Å². The second-order valence-electron chi connectivity index (χ2n) is 8.98. The van der Waals surface area contributed by atoms with Gasteiger partial charge in [0, 0.05) is 26.0 Å². The Bertz CT molecular complexity index is 1650. The summed E-state index contributed by atoms with van der Waals surface area (Å²) in [6.07, 6.45) is 0. The van der Waals surface area contributed by atoms with Crippen molar-refractivity contribution >= 4 is 59.7 Å². The third-order valence-electron chi connectivity index (χ3n) is 6.55. The van der Waals surface area contributed by atoms with E-state index < -0.39 is 0 Å². The van der Waals surface area contributed by atoms with Crippen molar-refractivity contribution in [2.45, 2.75) is 0 Å². The Morgan fingerprint density at radius 1 is 0.351 bits per heavy atom. The molecular weight excluding hydrogens is 582 g/mol. The molecule has 0 aliphatic carbocycles. The quantitative estimate of drug-likeness (QED) is 0.189. The lowest BCUT2D eigenvalue weighted by atomic mass is 10.00. The molecule has 0 atom stereocenters. The second kappa shape index (κ2) is 10.4. The number of hydrogen-bond acceptors (Lipinski definition) is 1. The summed E-state index contributed by atoms with van der Waals surface area (Å²) in [6, 6.07) is 49.6. The topological polar surface area (TPSA) is 3.24 Å². The summed E-state index contributed by atoms with van der Waals surface area (Å²) in [6.45, 7) is 0. The van der Waals surface area contributed by atoms with Crippen LogP contribution in [0, 0.1) is 0 Å². The maximum absolute atomic E-state index is 3.59. The maximum Gasteiger partial charge on any atom is 0.0468 e. The van der Waals surface area contributed by atoms with Gasteiger partial charge in [-0.05, 0) is 87.6 Å². The normalized spacial score (nSPS) is 11.0. The smallest absolute Gasteiger partial charge is 0.0468 e. The molecule has 0 aromatic heterocycles. The summed E-state index contributed by atoms with van der Waals surface area (Å²) in [5, 5.41) is 2.48. The van der Waals surface area contributed by atoms with Crippen LogP contribution >= 0.6 is 31.9 Å². The largest absolute Gasteiger partial charge is 0.310 e. The molecular formula is C34H23Br2N. The van der Waals surface area contributed by atoms with Crippen molar-refractivity contribution in [1.29, 1.82) is 0 Å². The SMILES string of the molecule is Brc1cc(Br)cc(-c2ccc(-c3ccc(N(c4ccccc4)c4ccc5ccccc5c4)cc3)cc2)c1. The van der Waals surface area contributed by atoms with Crippen molar-refractivity contribution in [2.75, 3.05) is 4.90 Å². The zero-order chi connectivity index (χ0) is 25.2. The first-order chi connectivity index (χ1) is 18.1. The molecule has 0 saturated carbocycles. The van der Waals surface area contributed by atoms with Crippen LogP contribution in [0.3, 0.4) is 0 Å². The van der Waals surface area contributed by atoms with Gasteiger partial charge in [0.15, 0.2) is 0 Å². The minimum atomic E-state index is 1.06. The Morgan fingerprint density at radius 3 is 1.49 bits per heavy atom. The van der Waals surface area contributed by atoms with Gasteiger partial charge in [-0.15, -0.1) is 0 Å². The van der Waals surface area contributed by atoms with Crippen LogP contribution < -0.4 is 4.90 Å². The van der Waals surface area contributed by atoms with E-state index in [1.165, 1.54) is 33.0 Å². The van der Waals surface area contributed by atoms with E-state index in [2.05, 4.69) is 176 Å². The average molecular weight is 605 g/mol. The molecule has 3 heteroatoms. The fourth-order valence-electron chi connectivity index (χ4n) is 4.72. The van der Waals surface area contributed by atoms with E-state index in [0.29, 0.717) is 0 Å². The summed E-state index contributed by atoms with van der Waals surface area (Å²) in [5.41, 5.74) is 8.16. The lowest BCUT2D eigenvalue weighted by Gasteiger charge is -2.26. The molecule has 6 aromatic rings. The number of benzene rings is 6. The first-order valence-corrected chi connectivity index (χ1v) is 13.7. The Kier molecular flexibility index (Phi) is 6.65. The van der Waals surface area contributed by atoms with Gasteiger partial charge in [-0.3, -0.25) is 0 Å². The highest BCUT2D eigenvalue weighted by Gasteiger charge is 2.13. The van der Waals surface area contributed by atoms with Crippen molar-refractivity contribution in [2.24, 2.45) is 0 Å². The number of anilines is 3. The van der Waals surface area contributed by atoms with Gasteiger partial charge in [0.05, 0.1) is 0 Å². The molecule has 0 saturated heterocycles. The minimum Gasteiger partial charge on any atom is -0.310 e. The molecule has 0 fully saturated rings. The van der Waals surface area contributed by atoms with Crippen LogP contribution in [0.2, 0.25) is 0 Å². The minimum absolute atomic E-state index is 1.06. The van der Waals surface area contributed by atoms with Gasteiger partial charge in [0.25, 0.3) is 0 Å². The lowest BCUT2D eigenvalue weighted by molar-refractivity contribution is 1.29. The Balaban J connectivity index is 1.34. The highest BCUT2D eigenvalue weighted by atomic mass is 79.9. The first kappa shape index (κ1) is 23.7. The fourth-order valence-corrected chi connectivity index (χ4v) is 6.01. The second-order valence-corrected chi connectivity index (χ2v) is 10.8. The van der Waals surface area contributed by atoms with Crippen LogP contribution in [-0.2, 0) is 0 Å². The summed E-state index contributed by atoms with van der Waals surface area (Å²) in [7, 11) is 0. The molecule has 0 N–H and O–H groups in total. The molecule has 0 aliphatic heterocycles. The van der Waals surface area contributed by atoms with Crippen molar-refractivity contribution in [1.82, 2.24) is 0 Å². The van der Waals surface area contributed by atoms with Crippen LogP contribution in [0.25, 0.3) is 33.0 Å². The van der Waals surface area contributed by atoms with Crippen LogP contribution in [-0.4, -0.2) is 0 Å². The summed E-state index contributed by atoms with van der Waals surface area (Å²) in [4.78, 5) is 2.31. The van der Waals surface area contributed by atoms with Crippen LogP contribution in [0.4, 0.5) is 17.1 Å². The summed E-state index contributed by atoms with van der Waals surface area (Å²) in [5.74, 6) is 0. The molecule has 37 heavy (non-hydrogen) atoms. The van der Waals surface area contributed by atoms with E-state index in [-0.39, 0.29) is 0 Å². The van der Waals surface area contributed by atoms with Crippen LogP contribution in [0.5, 0.6) is 0 Å². The number of hydrogen-bond donors (Lipinski definition) is 0. The third kappa shape index (κ3) is 5.11. The third-order valence-corrected chi connectivity index (χ3v) is 7.46. The van der Waals surface area contributed by atoms with Crippen molar-refractivity contribution in [3.8, 4) is 22.3 Å². The standard InChI is InChI=1S/C34H23Br2N/c35-30-20-29(21-31(36)23-30)27-12-10-25(11-13-27)26-14-17-33(18-15-26)37(32-8-2-1-3-9-32)34-19-16-24-6-4-5-7-28(24)22-34/h1-23H. The number of halogens is 2. The molecule has 0 aliphatic rings. The van der Waals surface area contributed by atoms with E-state index in [0.717, 1.165) is 26.0 Å². The van der Waals surface area contributed by atoms with Gasteiger partial charge in [-0.25, -0.2) is 0 Å². The van der Waals surface area contributed by atoms with Crippen LogP contribution in [0.1, 0.15) is 0 Å². The number of nitrogens with zero attached hydrogens (tertiary/aromatic N) is 1. The number of rotatable bonds is 5. The first-order valence-electron chi connectivity index (χ1n) is 12.1. The average Bonchev–Trinajstić information content (AvgIpc) is 2.94. The van der Waals surface area contributed by atoms with Crippen LogP contribution in [0.15, 0.2) is 148 Å². The van der Waals surface area contributed by atoms with E-state index in [4.69, 9.17) is 0 Å². The predicted octanol–water partition coefficient (Wildman–Crippen LogP) is 11.2. The van der Waals surface area contributed by atoms with Crippen molar-refractivity contribution < 1.29 is 0 Å². The maximum atomic E-state index is 3.59. The van der Waals surface area contributed by atoms with Gasteiger partial charge in [-0.1, -0.05) is 117 Å². The highest BCUT2D eigenvalue weighted by Crippen LogP contribution is 2.37. The van der Waals surface area contributed by atoms with Gasteiger partial charge in [-0.2, -0.15) is 0 Å². The zero-order valence-corrected chi connectivity index (χ0v) is 23.2. The van der Waals surface area contributed by atoms with Gasteiger partial charge in [0.2, 0.25) is 0 Å². The van der Waals surface area contributed by atoms with Gasteiger partial charge < -0.3 is 4.90 Å². The van der Waals surface area contributed by atoms with E-state index in [9.17, 15) is 0 Å². The molecule has 0 amide bonds. The summed E-state index contributed by atoms with van der Waals surface area (Å²) < 4.78 is 2.12. The Morgan fingerprint density at radius 2 is 0.838 bits per heavy atom. The number of para-hydroxylation sites is 1. The van der Waals surface area contributed by atoms with E-state index in [1.807, 2.05) is 0 Å². The molecule has 0 bridgehead atoms. The lowest BCUT2D eigenvalue weighted by Crippen LogP contribution is -2.09. The molecule has 0 heterocycles. The van der Waals surface area contributed by atoms with Gasteiger partial charge >= 0.3 is 0 Å². The van der Waals surface area contributed by atoms with E-state index in [1.54, 1.807) is 0 Å². The van der Waals surface area contributed by atoms with Gasteiger partial charge in [0.1, 0.15) is 0 Å². The fraction of sp³-hybridized carbons (Fsp3) is 0. The monoisotopic (exact) mass is 603 g/mol. The Hall–Kier alpha value is -3.66. The number of fused-ring (bicyclic) bond motifs is 1.